The van der Waals surface area contributed by atoms with Crippen LogP contribution in [0.1, 0.15) is 29.3 Å². The molecule has 0 atom stereocenters. The van der Waals surface area contributed by atoms with E-state index >= 15 is 0 Å². The van der Waals surface area contributed by atoms with Crippen molar-refractivity contribution in [3.63, 3.8) is 0 Å². The molecule has 0 aliphatic carbocycles. The zero-order valence-corrected chi connectivity index (χ0v) is 17.9. The number of ether oxygens (including phenoxy) is 1. The molecule has 4 nitrogen and oxygen atoms in total. The van der Waals surface area contributed by atoms with E-state index in [-0.39, 0.29) is 11.0 Å². The highest BCUT2D eigenvalue weighted by atomic mass is 79.9. The molecule has 1 amide bonds. The van der Waals surface area contributed by atoms with E-state index in [0.29, 0.717) is 39.0 Å². The summed E-state index contributed by atoms with van der Waals surface area (Å²) in [6.07, 6.45) is 0.909. The molecule has 0 saturated carbocycles. The normalized spacial score (nSPS) is 10.3. The van der Waals surface area contributed by atoms with Gasteiger partial charge in [0.1, 0.15) is 5.75 Å². The Kier molecular flexibility index (Phi) is 8.15. The number of nitrogens with one attached hydrogen (secondary N) is 2. The van der Waals surface area contributed by atoms with Crippen molar-refractivity contribution < 1.29 is 9.53 Å². The molecule has 138 valence electrons. The van der Waals surface area contributed by atoms with Gasteiger partial charge in [0.2, 0.25) is 0 Å². The fourth-order valence-electron chi connectivity index (χ4n) is 2.03. The Balaban J connectivity index is 1.92. The minimum Gasteiger partial charge on any atom is -0.492 e. The number of hydrogen-bond acceptors (Lipinski definition) is 3. The summed E-state index contributed by atoms with van der Waals surface area (Å²) in [6, 6.07) is 10.3. The van der Waals surface area contributed by atoms with E-state index in [9.17, 15) is 4.79 Å². The van der Waals surface area contributed by atoms with Gasteiger partial charge in [0.25, 0.3) is 5.91 Å². The predicted molar refractivity (Wildman–Crippen MR) is 113 cm³/mol. The van der Waals surface area contributed by atoms with E-state index < -0.39 is 0 Å². The summed E-state index contributed by atoms with van der Waals surface area (Å²) in [7, 11) is 0. The van der Waals surface area contributed by atoms with Gasteiger partial charge in [-0.15, -0.1) is 0 Å². The number of rotatable bonds is 6. The Labute approximate surface area is 176 Å². The molecule has 2 aromatic carbocycles. The molecule has 0 aromatic heterocycles. The average molecular weight is 476 g/mol. The van der Waals surface area contributed by atoms with Gasteiger partial charge in [-0.2, -0.15) is 0 Å². The molecule has 2 N–H and O–H groups in total. The van der Waals surface area contributed by atoms with E-state index in [4.69, 9.17) is 40.2 Å². The highest BCUT2D eigenvalue weighted by Gasteiger charge is 2.11. The Morgan fingerprint density at radius 2 is 2.00 bits per heavy atom. The van der Waals surface area contributed by atoms with E-state index in [1.165, 1.54) is 0 Å². The van der Waals surface area contributed by atoms with E-state index in [1.54, 1.807) is 36.4 Å². The topological polar surface area (TPSA) is 50.4 Å². The quantitative estimate of drug-likeness (QED) is 0.553. The van der Waals surface area contributed by atoms with E-state index in [2.05, 4.69) is 26.6 Å². The Hall–Kier alpha value is -1.34. The first-order valence-corrected chi connectivity index (χ1v) is 9.82. The summed E-state index contributed by atoms with van der Waals surface area (Å²) in [5, 5.41) is 6.89. The van der Waals surface area contributed by atoms with Crippen LogP contribution < -0.4 is 15.4 Å². The zero-order chi connectivity index (χ0) is 19.1. The Morgan fingerprint density at radius 3 is 2.65 bits per heavy atom. The number of benzene rings is 2. The minimum atomic E-state index is -0.313. The van der Waals surface area contributed by atoms with Crippen LogP contribution in [0.4, 0.5) is 0 Å². The maximum absolute atomic E-state index is 12.3. The lowest BCUT2D eigenvalue weighted by Crippen LogP contribution is -2.38. The lowest BCUT2D eigenvalue weighted by Gasteiger charge is -2.12. The van der Waals surface area contributed by atoms with Crippen molar-refractivity contribution >= 4 is 62.4 Å². The molecule has 0 unspecified atom stereocenters. The van der Waals surface area contributed by atoms with Crippen LogP contribution in [0.2, 0.25) is 10.0 Å². The molecular weight excluding hydrogens is 459 g/mol. The highest BCUT2D eigenvalue weighted by molar-refractivity contribution is 9.10. The third-order valence-electron chi connectivity index (χ3n) is 3.34. The van der Waals surface area contributed by atoms with E-state index in [1.807, 2.05) is 6.92 Å². The second kappa shape index (κ2) is 10.1. The summed E-state index contributed by atoms with van der Waals surface area (Å²) < 4.78 is 6.28. The van der Waals surface area contributed by atoms with E-state index in [0.717, 1.165) is 12.0 Å². The molecule has 8 heteroatoms. The van der Waals surface area contributed by atoms with Crippen LogP contribution in [0.25, 0.3) is 0 Å². The summed E-state index contributed by atoms with van der Waals surface area (Å²) in [5.41, 5.74) is 1.29. The van der Waals surface area contributed by atoms with Gasteiger partial charge >= 0.3 is 0 Å². The highest BCUT2D eigenvalue weighted by Crippen LogP contribution is 2.26. The molecule has 0 radical (unpaired) electrons. The van der Waals surface area contributed by atoms with Crippen LogP contribution in [0, 0.1) is 0 Å². The van der Waals surface area contributed by atoms with Gasteiger partial charge in [0, 0.05) is 22.2 Å². The maximum Gasteiger partial charge on any atom is 0.257 e. The molecule has 0 aliphatic rings. The summed E-state index contributed by atoms with van der Waals surface area (Å²) >= 11 is 20.6. The lowest BCUT2D eigenvalue weighted by molar-refractivity contribution is 0.0976. The van der Waals surface area contributed by atoms with Gasteiger partial charge in [0.05, 0.1) is 11.1 Å². The first-order valence-electron chi connectivity index (χ1n) is 7.86. The monoisotopic (exact) mass is 474 g/mol. The molecular formula is C18H17BrCl2N2O2S. The van der Waals surface area contributed by atoms with Crippen LogP contribution in [0.5, 0.6) is 5.75 Å². The fourth-order valence-corrected chi connectivity index (χ4v) is 3.16. The van der Waals surface area contributed by atoms with Crippen LogP contribution in [-0.4, -0.2) is 17.6 Å². The number of hydrogen-bond donors (Lipinski definition) is 2. The summed E-state index contributed by atoms with van der Waals surface area (Å²) in [6.45, 7) is 3.02. The SMILES string of the molecule is CCCOc1ccc(C(=O)NC(=S)NCc2ccc(Cl)cc2Cl)cc1Br. The molecule has 0 fully saturated rings. The smallest absolute Gasteiger partial charge is 0.257 e. The van der Waals surface area contributed by atoms with Crippen LogP contribution in [-0.2, 0) is 6.54 Å². The molecule has 2 aromatic rings. The third kappa shape index (κ3) is 6.13. The third-order valence-corrected chi connectivity index (χ3v) is 4.79. The van der Waals surface area contributed by atoms with Crippen molar-refractivity contribution in [1.29, 1.82) is 0 Å². The molecule has 26 heavy (non-hydrogen) atoms. The van der Waals surface area contributed by atoms with Crippen molar-refractivity contribution in [2.24, 2.45) is 0 Å². The van der Waals surface area contributed by atoms with Gasteiger partial charge < -0.3 is 10.1 Å². The zero-order valence-electron chi connectivity index (χ0n) is 13.9. The molecule has 0 saturated heterocycles. The molecule has 0 bridgehead atoms. The van der Waals surface area contributed by atoms with Crippen molar-refractivity contribution in [2.45, 2.75) is 19.9 Å². The second-order valence-corrected chi connectivity index (χ2v) is 7.47. The van der Waals surface area contributed by atoms with Gasteiger partial charge in [-0.3, -0.25) is 10.1 Å². The van der Waals surface area contributed by atoms with Crippen molar-refractivity contribution in [1.82, 2.24) is 10.6 Å². The largest absolute Gasteiger partial charge is 0.492 e. The first kappa shape index (κ1) is 21.0. The summed E-state index contributed by atoms with van der Waals surface area (Å²) in [4.78, 5) is 12.3. The number of halogens is 3. The number of carbonyl (C=O) groups excluding carboxylic acids is 1. The molecule has 2 rings (SSSR count). The molecule has 0 aliphatic heterocycles. The van der Waals surface area contributed by atoms with Gasteiger partial charge in [-0.1, -0.05) is 36.2 Å². The molecule has 0 spiro atoms. The van der Waals surface area contributed by atoms with Gasteiger partial charge in [-0.05, 0) is 70.5 Å². The Morgan fingerprint density at radius 1 is 1.23 bits per heavy atom. The Bertz CT molecular complexity index is 818. The van der Waals surface area contributed by atoms with Crippen LogP contribution in [0.15, 0.2) is 40.9 Å². The predicted octanol–water partition coefficient (Wildman–Crippen LogP) is 5.35. The average Bonchev–Trinajstić information content (AvgIpc) is 2.59. The minimum absolute atomic E-state index is 0.212. The van der Waals surface area contributed by atoms with Crippen LogP contribution >= 0.6 is 51.3 Å². The van der Waals surface area contributed by atoms with Crippen molar-refractivity contribution in [3.05, 3.63) is 62.0 Å². The molecule has 0 heterocycles. The van der Waals surface area contributed by atoms with Crippen molar-refractivity contribution in [3.8, 4) is 5.75 Å². The first-order chi connectivity index (χ1) is 12.4. The number of thiocarbonyl (C=S) groups is 1. The van der Waals surface area contributed by atoms with Crippen LogP contribution in [0.3, 0.4) is 0 Å². The second-order valence-electron chi connectivity index (χ2n) is 5.37. The number of carbonyl (C=O) groups is 1. The van der Waals surface area contributed by atoms with Gasteiger partial charge in [-0.25, -0.2) is 0 Å². The van der Waals surface area contributed by atoms with Crippen molar-refractivity contribution in [2.75, 3.05) is 6.61 Å². The fraction of sp³-hybridized carbons (Fsp3) is 0.222. The summed E-state index contributed by atoms with van der Waals surface area (Å²) in [5.74, 6) is 0.383. The number of amides is 1. The van der Waals surface area contributed by atoms with Gasteiger partial charge in [0.15, 0.2) is 5.11 Å². The standard InChI is InChI=1S/C18H17BrCl2N2O2S/c1-2-7-25-16-6-4-11(8-14(16)19)17(24)23-18(26)22-10-12-3-5-13(20)9-15(12)21/h3-6,8-9H,2,7,10H2,1H3,(H2,22,23,24,26). The maximum atomic E-state index is 12.3. The lowest BCUT2D eigenvalue weighted by atomic mass is 10.2.